The maximum atomic E-state index is 12.3. The Hall–Kier alpha value is -1.01. The summed E-state index contributed by atoms with van der Waals surface area (Å²) in [6, 6.07) is 2.57. The van der Waals surface area contributed by atoms with Gasteiger partial charge in [-0.3, -0.25) is 4.18 Å². The molecule has 0 aliphatic carbocycles. The lowest BCUT2D eigenvalue weighted by Gasteiger charge is -2.06. The topological polar surface area (TPSA) is 56.3 Å². The summed E-state index contributed by atoms with van der Waals surface area (Å²) in [7, 11) is -2.89. The molecule has 0 fully saturated rings. The Morgan fingerprint density at radius 2 is 2.23 bits per heavy atom. The van der Waals surface area contributed by atoms with Crippen LogP contribution in [0, 0.1) is 5.95 Å². The van der Waals surface area contributed by atoms with E-state index in [-0.39, 0.29) is 0 Å². The first-order valence-electron chi connectivity index (χ1n) is 3.52. The van der Waals surface area contributed by atoms with E-state index in [0.29, 0.717) is 5.56 Å². The first-order valence-corrected chi connectivity index (χ1v) is 4.62. The molecule has 0 aromatic carbocycles. The molecule has 0 saturated carbocycles. The van der Waals surface area contributed by atoms with Crippen LogP contribution in [0.4, 0.5) is 4.39 Å². The molecule has 0 amide bonds. The average Bonchev–Trinajstić information content (AvgIpc) is 2.04. The molecule has 6 heteroatoms. The van der Waals surface area contributed by atoms with Crippen LogP contribution in [0.25, 0.3) is 0 Å². The first-order chi connectivity index (χ1) is 6.09. The minimum absolute atomic E-state index is 0.514. The average molecular weight is 205 g/mol. The van der Waals surface area contributed by atoms with Crippen LogP contribution in [0.5, 0.6) is 0 Å². The molecule has 0 saturated heterocycles. The fraction of sp³-hybridized carbons (Fsp3) is 0.286. The summed E-state index contributed by atoms with van der Waals surface area (Å²) < 4.78 is 37.1. The molecule has 1 rings (SSSR count). The lowest BCUT2D eigenvalue weighted by Crippen LogP contribution is -1.99. The van der Waals surface area contributed by atoms with Crippen molar-refractivity contribution in [2.75, 3.05) is 0 Å². The van der Waals surface area contributed by atoms with E-state index in [1.165, 1.54) is 12.3 Å². The predicted octanol–water partition coefficient (Wildman–Crippen LogP) is 0.825. The highest BCUT2D eigenvalue weighted by Crippen LogP contribution is 2.15. The van der Waals surface area contributed by atoms with E-state index in [4.69, 9.17) is 0 Å². The number of thiol groups is 1. The van der Waals surface area contributed by atoms with Crippen molar-refractivity contribution in [3.05, 3.63) is 29.8 Å². The van der Waals surface area contributed by atoms with E-state index >= 15 is 0 Å². The predicted molar refractivity (Wildman–Crippen MR) is 44.0 cm³/mol. The standard InChI is InChI=1S/C7H8FNO3S/c1-5(12-13(10)11)6-2-3-7(8)9-4-6/h2-5,13H,1H3. The van der Waals surface area contributed by atoms with Crippen molar-refractivity contribution < 1.29 is 17.0 Å². The van der Waals surface area contributed by atoms with Crippen LogP contribution < -0.4 is 0 Å². The van der Waals surface area contributed by atoms with Crippen molar-refractivity contribution in [3.8, 4) is 0 Å². The number of halogens is 1. The second-order valence-corrected chi connectivity index (χ2v) is 3.04. The zero-order valence-electron chi connectivity index (χ0n) is 6.81. The molecule has 0 aliphatic rings. The minimum Gasteiger partial charge on any atom is -0.264 e. The zero-order chi connectivity index (χ0) is 9.84. The van der Waals surface area contributed by atoms with Crippen molar-refractivity contribution in [1.29, 1.82) is 0 Å². The molecule has 0 aliphatic heterocycles. The van der Waals surface area contributed by atoms with E-state index in [1.54, 1.807) is 6.92 Å². The van der Waals surface area contributed by atoms with Gasteiger partial charge in [-0.2, -0.15) is 4.39 Å². The van der Waals surface area contributed by atoms with Gasteiger partial charge in [0.15, 0.2) is 0 Å². The molecule has 1 aromatic rings. The van der Waals surface area contributed by atoms with Crippen LogP contribution >= 0.6 is 0 Å². The molecule has 1 aromatic heterocycles. The molecule has 13 heavy (non-hydrogen) atoms. The SMILES string of the molecule is CC(O[SH](=O)=O)c1ccc(F)nc1. The van der Waals surface area contributed by atoms with Crippen LogP contribution in [0.1, 0.15) is 18.6 Å². The molecule has 4 nitrogen and oxygen atoms in total. The van der Waals surface area contributed by atoms with Gasteiger partial charge in [0, 0.05) is 11.8 Å². The van der Waals surface area contributed by atoms with E-state index in [1.807, 2.05) is 0 Å². The molecule has 72 valence electrons. The molecule has 1 heterocycles. The molecule has 1 atom stereocenters. The normalized spacial score (nSPS) is 13.2. The molecular weight excluding hydrogens is 197 g/mol. The van der Waals surface area contributed by atoms with Crippen molar-refractivity contribution >= 4 is 11.0 Å². The first kappa shape index (κ1) is 10.1. The summed E-state index contributed by atoms with van der Waals surface area (Å²) in [5.74, 6) is -0.609. The number of pyridine rings is 1. The van der Waals surface area contributed by atoms with Crippen LogP contribution in [-0.2, 0) is 15.2 Å². The van der Waals surface area contributed by atoms with Gasteiger partial charge in [-0.05, 0) is 13.0 Å². The Kier molecular flexibility index (Phi) is 3.32. The van der Waals surface area contributed by atoms with Gasteiger partial charge < -0.3 is 0 Å². The summed E-state index contributed by atoms with van der Waals surface area (Å²) in [6.07, 6.45) is 0.605. The number of aromatic nitrogens is 1. The molecule has 0 N–H and O–H groups in total. The van der Waals surface area contributed by atoms with Gasteiger partial charge in [0.2, 0.25) is 5.95 Å². The number of nitrogens with zero attached hydrogens (tertiary/aromatic N) is 1. The second-order valence-electron chi connectivity index (χ2n) is 2.39. The van der Waals surface area contributed by atoms with Crippen LogP contribution in [-0.4, -0.2) is 13.4 Å². The Morgan fingerprint density at radius 3 is 2.69 bits per heavy atom. The zero-order valence-corrected chi connectivity index (χ0v) is 7.70. The fourth-order valence-electron chi connectivity index (χ4n) is 0.818. The summed E-state index contributed by atoms with van der Waals surface area (Å²) in [5.41, 5.74) is 0.514. The fourth-order valence-corrected chi connectivity index (χ4v) is 1.20. The van der Waals surface area contributed by atoms with Gasteiger partial charge in [0.25, 0.3) is 11.0 Å². The van der Waals surface area contributed by atoms with Crippen molar-refractivity contribution in [3.63, 3.8) is 0 Å². The van der Waals surface area contributed by atoms with Gasteiger partial charge in [0.05, 0.1) is 0 Å². The quantitative estimate of drug-likeness (QED) is 0.586. The summed E-state index contributed by atoms with van der Waals surface area (Å²) in [4.78, 5) is 3.36. The smallest absolute Gasteiger partial charge is 0.257 e. The second kappa shape index (κ2) is 4.29. The van der Waals surface area contributed by atoms with E-state index in [2.05, 4.69) is 9.17 Å². The molecule has 1 unspecified atom stereocenters. The van der Waals surface area contributed by atoms with Gasteiger partial charge in [-0.25, -0.2) is 13.4 Å². The van der Waals surface area contributed by atoms with Crippen LogP contribution in [0.3, 0.4) is 0 Å². The highest BCUT2D eigenvalue weighted by atomic mass is 32.2. The molecule has 0 radical (unpaired) electrons. The minimum atomic E-state index is -2.89. The highest BCUT2D eigenvalue weighted by Gasteiger charge is 2.06. The van der Waals surface area contributed by atoms with Crippen molar-refractivity contribution in [1.82, 2.24) is 4.98 Å². The van der Waals surface area contributed by atoms with Gasteiger partial charge in [0.1, 0.15) is 6.10 Å². The van der Waals surface area contributed by atoms with Crippen molar-refractivity contribution in [2.24, 2.45) is 0 Å². The van der Waals surface area contributed by atoms with Crippen LogP contribution in [0.2, 0.25) is 0 Å². The van der Waals surface area contributed by atoms with E-state index in [9.17, 15) is 12.8 Å². The van der Waals surface area contributed by atoms with E-state index in [0.717, 1.165) is 6.07 Å². The maximum Gasteiger partial charge on any atom is 0.257 e. The summed E-state index contributed by atoms with van der Waals surface area (Å²) in [6.45, 7) is 1.54. The summed E-state index contributed by atoms with van der Waals surface area (Å²) >= 11 is 0. The number of hydrogen-bond acceptors (Lipinski definition) is 4. The Bertz CT molecular complexity index is 341. The Morgan fingerprint density at radius 1 is 1.54 bits per heavy atom. The molecule has 0 bridgehead atoms. The lowest BCUT2D eigenvalue weighted by molar-refractivity contribution is 0.245. The highest BCUT2D eigenvalue weighted by molar-refractivity contribution is 7.67. The summed E-state index contributed by atoms with van der Waals surface area (Å²) in [5, 5.41) is 0. The third kappa shape index (κ3) is 3.08. The maximum absolute atomic E-state index is 12.3. The van der Waals surface area contributed by atoms with Gasteiger partial charge in [-0.15, -0.1) is 0 Å². The Labute approximate surface area is 76.5 Å². The molecular formula is C7H8FNO3S. The Balaban J connectivity index is 2.77. The number of rotatable bonds is 3. The molecule has 0 spiro atoms. The van der Waals surface area contributed by atoms with Gasteiger partial charge in [-0.1, -0.05) is 6.07 Å². The number of hydrogen-bond donors (Lipinski definition) is 1. The van der Waals surface area contributed by atoms with Crippen molar-refractivity contribution in [2.45, 2.75) is 13.0 Å². The lowest BCUT2D eigenvalue weighted by atomic mass is 10.2. The third-order valence-electron chi connectivity index (χ3n) is 1.46. The largest absolute Gasteiger partial charge is 0.264 e. The van der Waals surface area contributed by atoms with Crippen LogP contribution in [0.15, 0.2) is 18.3 Å². The third-order valence-corrected chi connectivity index (χ3v) is 1.95. The van der Waals surface area contributed by atoms with Gasteiger partial charge >= 0.3 is 0 Å². The van der Waals surface area contributed by atoms with E-state index < -0.39 is 23.0 Å². The monoisotopic (exact) mass is 205 g/mol.